The number of para-hydroxylation sites is 1. The summed E-state index contributed by atoms with van der Waals surface area (Å²) in [7, 11) is 2.33. The first-order valence-corrected chi connectivity index (χ1v) is 25.1. The zero-order chi connectivity index (χ0) is 49.9. The van der Waals surface area contributed by atoms with Crippen molar-refractivity contribution < 1.29 is 38.4 Å². The van der Waals surface area contributed by atoms with Crippen LogP contribution in [0.15, 0.2) is 85.5 Å². The number of rotatable bonds is 11. The molecule has 2 fully saturated rings. The van der Waals surface area contributed by atoms with E-state index in [1.807, 2.05) is 66.7 Å². The van der Waals surface area contributed by atoms with Gasteiger partial charge in [-0.2, -0.15) is 0 Å². The molecule has 2 bridgehead atoms. The van der Waals surface area contributed by atoms with Crippen molar-refractivity contribution >= 4 is 96.5 Å². The number of aromatic nitrogens is 3. The van der Waals surface area contributed by atoms with Crippen LogP contribution in [0.5, 0.6) is 0 Å². The van der Waals surface area contributed by atoms with Crippen LogP contribution in [-0.2, 0) is 52.8 Å². The van der Waals surface area contributed by atoms with Crippen LogP contribution in [-0.4, -0.2) is 139 Å². The number of imide groups is 1. The monoisotopic (exact) mass is 993 g/mol. The van der Waals surface area contributed by atoms with Crippen LogP contribution >= 0.6 is 21.6 Å². The Balaban J connectivity index is 1.26. The summed E-state index contributed by atoms with van der Waals surface area (Å²) in [5.41, 5.74) is 8.11. The molecular weight excluding hydrogens is 939 g/mol. The van der Waals surface area contributed by atoms with E-state index in [0.717, 1.165) is 37.4 Å². The summed E-state index contributed by atoms with van der Waals surface area (Å²) in [6.07, 6.45) is 4.55. The molecule has 0 radical (unpaired) electrons. The van der Waals surface area contributed by atoms with Gasteiger partial charge in [-0.15, -0.1) is 0 Å². The van der Waals surface area contributed by atoms with E-state index in [-0.39, 0.29) is 68.6 Å². The zero-order valence-electron chi connectivity index (χ0n) is 38.4. The van der Waals surface area contributed by atoms with Crippen LogP contribution in [0.1, 0.15) is 43.5 Å². The van der Waals surface area contributed by atoms with Gasteiger partial charge in [-0.25, -0.2) is 9.78 Å². The number of hydrogen-bond acceptors (Lipinski definition) is 12. The summed E-state index contributed by atoms with van der Waals surface area (Å²) in [6.45, 7) is 2.50. The van der Waals surface area contributed by atoms with E-state index < -0.39 is 77.7 Å². The Hall–Kier alpha value is -7.40. The van der Waals surface area contributed by atoms with Gasteiger partial charge in [0.2, 0.25) is 29.5 Å². The number of ketones is 1. The molecule has 3 aromatic carbocycles. The second-order valence-electron chi connectivity index (χ2n) is 17.1. The second-order valence-corrected chi connectivity index (χ2v) is 19.6. The number of nitrogens with zero attached hydrogens (tertiary/aromatic N) is 3. The molecular formula is C47H55N13O8S2. The maximum absolute atomic E-state index is 14.8. The summed E-state index contributed by atoms with van der Waals surface area (Å²) in [5.74, 6) is -5.11. The van der Waals surface area contributed by atoms with Gasteiger partial charge in [0.15, 0.2) is 11.7 Å². The smallest absolute Gasteiger partial charge is 0.328 e. The predicted molar refractivity (Wildman–Crippen MR) is 265 cm³/mol. The summed E-state index contributed by atoms with van der Waals surface area (Å²) < 4.78 is 0. The molecule has 2 aliphatic rings. The van der Waals surface area contributed by atoms with Gasteiger partial charge >= 0.3 is 6.03 Å². The molecule has 70 heavy (non-hydrogen) atoms. The van der Waals surface area contributed by atoms with Gasteiger partial charge in [0.05, 0.1) is 18.2 Å². The normalized spacial score (nSPS) is 22.5. The van der Waals surface area contributed by atoms with E-state index in [4.69, 9.17) is 11.1 Å². The fraction of sp³-hybridized carbons (Fsp3) is 0.362. The van der Waals surface area contributed by atoms with Crippen LogP contribution in [0.2, 0.25) is 0 Å². The van der Waals surface area contributed by atoms with Gasteiger partial charge in [0.25, 0.3) is 5.91 Å². The molecule has 2 aromatic heterocycles. The summed E-state index contributed by atoms with van der Waals surface area (Å²) in [6, 6.07) is 12.1. The van der Waals surface area contributed by atoms with Crippen molar-refractivity contribution in [3.8, 4) is 0 Å². The van der Waals surface area contributed by atoms with E-state index in [0.29, 0.717) is 16.8 Å². The molecule has 0 unspecified atom stereocenters. The van der Waals surface area contributed by atoms with E-state index in [1.165, 1.54) is 42.1 Å². The van der Waals surface area contributed by atoms with Crippen LogP contribution in [0.4, 0.5) is 4.79 Å². The van der Waals surface area contributed by atoms with Crippen molar-refractivity contribution in [2.75, 3.05) is 24.7 Å². The second kappa shape index (κ2) is 23.3. The lowest BCUT2D eigenvalue weighted by Gasteiger charge is -2.28. The van der Waals surface area contributed by atoms with Crippen molar-refractivity contribution in [2.45, 2.75) is 82.2 Å². The van der Waals surface area contributed by atoms with Crippen molar-refractivity contribution in [3.05, 3.63) is 102 Å². The number of Topliss-reactive ketones (excluding diaryl/α,β-unsaturated/α-hetero) is 1. The third kappa shape index (κ3) is 12.8. The lowest BCUT2D eigenvalue weighted by Crippen LogP contribution is -2.60. The van der Waals surface area contributed by atoms with E-state index >= 15 is 0 Å². The topological polar surface area (TPSA) is 310 Å². The first-order valence-electron chi connectivity index (χ1n) is 22.6. The first-order chi connectivity index (χ1) is 33.6. The van der Waals surface area contributed by atoms with Crippen LogP contribution in [0.25, 0.3) is 21.7 Å². The SMILES string of the molecule is CC(=O)[C@@H]1CSSCN2CC(=O)N(C2=O)[C@H](C)C(=O)N[C@@H](Cc2cnc[nH]2)C(=O)N[C@H](Cc2ccc3ccccc3c2)C(=O)N[C@@H](CCCNC(=N)N)C(=O)N[C@@H](Cc2c[nH]c3ccccc23)C(=O)N1. The molecule has 7 rings (SSSR count). The Labute approximate surface area is 410 Å². The number of fused-ring (bicyclic) bond motifs is 4. The summed E-state index contributed by atoms with van der Waals surface area (Å²) in [4.78, 5) is 124. The molecule has 8 amide bonds. The van der Waals surface area contributed by atoms with Crippen molar-refractivity contribution in [2.24, 2.45) is 5.73 Å². The molecule has 0 spiro atoms. The molecule has 11 N–H and O–H groups in total. The molecule has 23 heteroatoms. The number of guanidine groups is 1. The minimum atomic E-state index is -1.37. The number of carbonyl (C=O) groups is 8. The van der Waals surface area contributed by atoms with E-state index in [2.05, 4.69) is 46.9 Å². The minimum absolute atomic E-state index is 0.00823. The largest absolute Gasteiger partial charge is 0.370 e. The van der Waals surface area contributed by atoms with Crippen LogP contribution in [0.3, 0.4) is 0 Å². The highest BCUT2D eigenvalue weighted by molar-refractivity contribution is 8.76. The molecule has 21 nitrogen and oxygen atoms in total. The number of amides is 8. The molecule has 6 atom stereocenters. The average Bonchev–Trinajstić information content (AvgIpc) is 4.08. The summed E-state index contributed by atoms with van der Waals surface area (Å²) in [5, 5.41) is 26.9. The number of urea groups is 1. The maximum atomic E-state index is 14.8. The Morgan fingerprint density at radius 1 is 0.786 bits per heavy atom. The quantitative estimate of drug-likeness (QED) is 0.0294. The van der Waals surface area contributed by atoms with E-state index in [9.17, 15) is 38.4 Å². The Morgan fingerprint density at radius 3 is 2.17 bits per heavy atom. The number of carbonyl (C=O) groups excluding carboxylic acids is 8. The minimum Gasteiger partial charge on any atom is -0.370 e. The molecule has 2 saturated heterocycles. The number of imidazole rings is 1. The number of nitrogens with two attached hydrogens (primary N) is 1. The predicted octanol–water partition coefficient (Wildman–Crippen LogP) is 1.35. The Bertz CT molecular complexity index is 2770. The fourth-order valence-corrected chi connectivity index (χ4v) is 10.4. The van der Waals surface area contributed by atoms with Crippen molar-refractivity contribution in [1.29, 1.82) is 5.41 Å². The molecule has 4 heterocycles. The van der Waals surface area contributed by atoms with E-state index in [1.54, 1.807) is 6.20 Å². The molecule has 2 aliphatic heterocycles. The average molecular weight is 994 g/mol. The molecule has 368 valence electrons. The highest BCUT2D eigenvalue weighted by atomic mass is 33.1. The number of nitrogens with one attached hydrogen (secondary N) is 9. The Kier molecular flexibility index (Phi) is 16.8. The van der Waals surface area contributed by atoms with Crippen molar-refractivity contribution in [3.63, 3.8) is 0 Å². The molecule has 0 aliphatic carbocycles. The maximum Gasteiger partial charge on any atom is 0.328 e. The van der Waals surface area contributed by atoms with Crippen molar-refractivity contribution in [1.82, 2.24) is 56.7 Å². The lowest BCUT2D eigenvalue weighted by molar-refractivity contribution is -0.136. The number of aromatic amines is 2. The van der Waals surface area contributed by atoms with Gasteiger partial charge in [-0.05, 0) is 54.7 Å². The highest BCUT2D eigenvalue weighted by Gasteiger charge is 2.42. The van der Waals surface area contributed by atoms with Crippen LogP contribution < -0.4 is 37.6 Å². The van der Waals surface area contributed by atoms with Gasteiger partial charge in [0, 0.05) is 60.6 Å². The highest BCUT2D eigenvalue weighted by Crippen LogP contribution is 2.27. The van der Waals surface area contributed by atoms with Crippen LogP contribution in [0, 0.1) is 5.41 Å². The van der Waals surface area contributed by atoms with Gasteiger partial charge in [0.1, 0.15) is 36.8 Å². The number of hydrogen-bond donors (Lipinski definition) is 10. The third-order valence-electron chi connectivity index (χ3n) is 12.0. The standard InChI is InChI=1S/C47H55N13O8S2/c1-26-41(63)55-38(19-32-21-50-24-53-32)45(67)56-36(17-28-13-14-29-8-3-4-9-30(29)16-28)43(65)54-35(12-7-15-51-46(48)49)42(64)57-37(18-31-20-52-34-11-6-5-10-33(31)34)44(66)58-39(27(2)61)23-69-70-25-59-22-40(62)60(26)47(59)68/h3-6,8-11,13-14,16,20-21,24,26,35-39,52H,7,12,15,17-19,22-23,25H2,1-2H3,(H,50,53)(H,54,65)(H,55,63)(H,56,67)(H,57,64)(H,58,66)(H4,48,49,51)/t26-,35+,36-,37+,38+,39+/m1/s1. The van der Waals surface area contributed by atoms with Gasteiger partial charge in [-0.1, -0.05) is 82.3 Å². The van der Waals surface area contributed by atoms with Gasteiger partial charge in [-0.3, -0.25) is 43.9 Å². The van der Waals surface area contributed by atoms with Gasteiger partial charge < -0.3 is 52.5 Å². The zero-order valence-corrected chi connectivity index (χ0v) is 40.0. The number of benzene rings is 3. The molecule has 5 aromatic rings. The first kappa shape index (κ1) is 50.5. The molecule has 0 saturated carbocycles. The number of H-pyrrole nitrogens is 2. The fourth-order valence-electron chi connectivity index (χ4n) is 8.19. The Morgan fingerprint density at radius 2 is 1.44 bits per heavy atom. The summed E-state index contributed by atoms with van der Waals surface area (Å²) >= 11 is 0. The lowest BCUT2D eigenvalue weighted by atomic mass is 9.99. The third-order valence-corrected chi connectivity index (χ3v) is 14.3.